The first-order valence-corrected chi connectivity index (χ1v) is 9.00. The molecule has 0 aromatic heterocycles. The van der Waals surface area contributed by atoms with Crippen molar-refractivity contribution in [1.82, 2.24) is 5.32 Å². The minimum atomic E-state index is -0.156. The van der Waals surface area contributed by atoms with Crippen LogP contribution in [0.1, 0.15) is 59.2 Å². The van der Waals surface area contributed by atoms with E-state index in [2.05, 4.69) is 10.6 Å². The summed E-state index contributed by atoms with van der Waals surface area (Å²) in [4.78, 5) is 24.5. The second kappa shape index (κ2) is 8.47. The number of nitrogens with one attached hydrogen (secondary N) is 2. The number of carbonyl (C=O) groups is 2. The minimum Gasteiger partial charge on any atom is -0.349 e. The third kappa shape index (κ3) is 4.92. The Morgan fingerprint density at radius 3 is 1.96 bits per heavy atom. The lowest BCUT2D eigenvalue weighted by Gasteiger charge is -2.16. The smallest absolute Gasteiger partial charge is 0.255 e. The van der Waals surface area contributed by atoms with Gasteiger partial charge in [-0.1, -0.05) is 43.9 Å². The predicted octanol–water partition coefficient (Wildman–Crippen LogP) is 4.39. The summed E-state index contributed by atoms with van der Waals surface area (Å²) in [7, 11) is 0. The van der Waals surface area contributed by atoms with E-state index in [4.69, 9.17) is 0 Å². The summed E-state index contributed by atoms with van der Waals surface area (Å²) in [6, 6.07) is 16.4. The third-order valence-electron chi connectivity index (χ3n) is 4.63. The first kappa shape index (κ1) is 17.2. The van der Waals surface area contributed by atoms with Gasteiger partial charge in [0.25, 0.3) is 11.8 Å². The van der Waals surface area contributed by atoms with Gasteiger partial charge in [0.05, 0.1) is 0 Å². The van der Waals surface area contributed by atoms with Gasteiger partial charge in [0, 0.05) is 22.9 Å². The van der Waals surface area contributed by atoms with E-state index in [1.165, 1.54) is 25.7 Å². The van der Waals surface area contributed by atoms with Gasteiger partial charge < -0.3 is 10.6 Å². The Hall–Kier alpha value is -2.62. The fraction of sp³-hybridized carbons (Fsp3) is 0.333. The van der Waals surface area contributed by atoms with E-state index in [1.54, 1.807) is 36.4 Å². The lowest BCUT2D eigenvalue weighted by molar-refractivity contribution is 0.0933. The molecule has 0 saturated heterocycles. The van der Waals surface area contributed by atoms with Crippen molar-refractivity contribution in [3.63, 3.8) is 0 Å². The second-order valence-corrected chi connectivity index (χ2v) is 6.56. The van der Waals surface area contributed by atoms with Crippen molar-refractivity contribution in [2.75, 3.05) is 5.32 Å². The molecular weight excluding hydrogens is 312 g/mol. The van der Waals surface area contributed by atoms with Crippen molar-refractivity contribution in [1.29, 1.82) is 0 Å². The molecule has 1 aliphatic carbocycles. The number of amides is 2. The van der Waals surface area contributed by atoms with Crippen LogP contribution in [-0.2, 0) is 0 Å². The SMILES string of the molecule is O=C(Nc1ccc(C(=O)NC2CCCCCC2)cc1)c1ccccc1. The van der Waals surface area contributed by atoms with Crippen LogP contribution >= 0.6 is 0 Å². The molecule has 2 aromatic rings. The molecular formula is C21H24N2O2. The highest BCUT2D eigenvalue weighted by Crippen LogP contribution is 2.18. The Bertz CT molecular complexity index is 702. The summed E-state index contributed by atoms with van der Waals surface area (Å²) < 4.78 is 0. The first-order chi connectivity index (χ1) is 12.2. The third-order valence-corrected chi connectivity index (χ3v) is 4.63. The number of hydrogen-bond donors (Lipinski definition) is 2. The quantitative estimate of drug-likeness (QED) is 0.814. The summed E-state index contributed by atoms with van der Waals surface area (Å²) in [6.07, 6.45) is 7.04. The van der Waals surface area contributed by atoms with Gasteiger partial charge in [-0.2, -0.15) is 0 Å². The van der Waals surface area contributed by atoms with E-state index in [-0.39, 0.29) is 17.9 Å². The molecule has 1 saturated carbocycles. The number of hydrogen-bond acceptors (Lipinski definition) is 2. The Morgan fingerprint density at radius 1 is 0.720 bits per heavy atom. The summed E-state index contributed by atoms with van der Waals surface area (Å²) >= 11 is 0. The van der Waals surface area contributed by atoms with Crippen LogP contribution in [0.4, 0.5) is 5.69 Å². The lowest BCUT2D eigenvalue weighted by Crippen LogP contribution is -2.34. The molecule has 130 valence electrons. The van der Waals surface area contributed by atoms with E-state index in [0.29, 0.717) is 16.8 Å². The van der Waals surface area contributed by atoms with Crippen molar-refractivity contribution in [2.45, 2.75) is 44.6 Å². The molecule has 4 nitrogen and oxygen atoms in total. The molecule has 2 aromatic carbocycles. The van der Waals surface area contributed by atoms with Gasteiger partial charge in [0.15, 0.2) is 0 Å². The summed E-state index contributed by atoms with van der Waals surface area (Å²) in [5.74, 6) is -0.191. The van der Waals surface area contributed by atoms with Crippen LogP contribution < -0.4 is 10.6 Å². The van der Waals surface area contributed by atoms with E-state index >= 15 is 0 Å². The second-order valence-electron chi connectivity index (χ2n) is 6.56. The van der Waals surface area contributed by atoms with E-state index in [1.807, 2.05) is 18.2 Å². The predicted molar refractivity (Wildman–Crippen MR) is 99.8 cm³/mol. The van der Waals surface area contributed by atoms with Crippen LogP contribution in [0, 0.1) is 0 Å². The van der Waals surface area contributed by atoms with E-state index in [0.717, 1.165) is 12.8 Å². The van der Waals surface area contributed by atoms with Crippen LogP contribution in [0.15, 0.2) is 54.6 Å². The van der Waals surface area contributed by atoms with Crippen LogP contribution in [0.3, 0.4) is 0 Å². The standard InChI is InChI=1S/C21H24N2O2/c24-20(16-8-4-3-5-9-16)23-19-14-12-17(13-15-19)21(25)22-18-10-6-1-2-7-11-18/h3-5,8-9,12-15,18H,1-2,6-7,10-11H2,(H,22,25)(H,23,24). The fourth-order valence-electron chi connectivity index (χ4n) is 3.19. The van der Waals surface area contributed by atoms with E-state index < -0.39 is 0 Å². The Kier molecular flexibility index (Phi) is 5.83. The summed E-state index contributed by atoms with van der Waals surface area (Å²) in [5.41, 5.74) is 1.92. The van der Waals surface area contributed by atoms with Gasteiger partial charge in [-0.05, 0) is 49.2 Å². The normalized spacial score (nSPS) is 15.2. The highest BCUT2D eigenvalue weighted by molar-refractivity contribution is 6.04. The molecule has 2 N–H and O–H groups in total. The molecule has 2 amide bonds. The number of rotatable bonds is 4. The molecule has 25 heavy (non-hydrogen) atoms. The first-order valence-electron chi connectivity index (χ1n) is 9.00. The largest absolute Gasteiger partial charge is 0.349 e. The molecule has 4 heteroatoms. The molecule has 3 rings (SSSR count). The molecule has 0 heterocycles. The monoisotopic (exact) mass is 336 g/mol. The molecule has 1 fully saturated rings. The Balaban J connectivity index is 1.58. The van der Waals surface area contributed by atoms with Gasteiger partial charge in [0.2, 0.25) is 0 Å². The van der Waals surface area contributed by atoms with E-state index in [9.17, 15) is 9.59 Å². The zero-order valence-corrected chi connectivity index (χ0v) is 14.3. The van der Waals surface area contributed by atoms with Crippen LogP contribution in [0.2, 0.25) is 0 Å². The average Bonchev–Trinajstić information content (AvgIpc) is 2.91. The Labute approximate surface area is 148 Å². The number of anilines is 1. The topological polar surface area (TPSA) is 58.2 Å². The molecule has 0 atom stereocenters. The van der Waals surface area contributed by atoms with Crippen molar-refractivity contribution in [2.24, 2.45) is 0 Å². The van der Waals surface area contributed by atoms with Gasteiger partial charge in [-0.15, -0.1) is 0 Å². The maximum absolute atomic E-state index is 12.4. The minimum absolute atomic E-state index is 0.0344. The van der Waals surface area contributed by atoms with Crippen LogP contribution in [0.5, 0.6) is 0 Å². The average molecular weight is 336 g/mol. The molecule has 0 radical (unpaired) electrons. The maximum Gasteiger partial charge on any atom is 0.255 e. The fourth-order valence-corrected chi connectivity index (χ4v) is 3.19. The van der Waals surface area contributed by atoms with Gasteiger partial charge >= 0.3 is 0 Å². The van der Waals surface area contributed by atoms with Crippen molar-refractivity contribution < 1.29 is 9.59 Å². The molecule has 0 spiro atoms. The summed E-state index contributed by atoms with van der Waals surface area (Å²) in [6.45, 7) is 0. The summed E-state index contributed by atoms with van der Waals surface area (Å²) in [5, 5.41) is 5.98. The van der Waals surface area contributed by atoms with Gasteiger partial charge in [-0.25, -0.2) is 0 Å². The maximum atomic E-state index is 12.4. The van der Waals surface area contributed by atoms with Gasteiger partial charge in [0.1, 0.15) is 0 Å². The zero-order chi connectivity index (χ0) is 17.5. The van der Waals surface area contributed by atoms with Crippen molar-refractivity contribution in [3.05, 3.63) is 65.7 Å². The van der Waals surface area contributed by atoms with Gasteiger partial charge in [-0.3, -0.25) is 9.59 Å². The molecule has 0 unspecified atom stereocenters. The highest BCUT2D eigenvalue weighted by atomic mass is 16.2. The van der Waals surface area contributed by atoms with Crippen molar-refractivity contribution in [3.8, 4) is 0 Å². The molecule has 0 bridgehead atoms. The number of carbonyl (C=O) groups excluding carboxylic acids is 2. The molecule has 0 aliphatic heterocycles. The Morgan fingerprint density at radius 2 is 1.32 bits per heavy atom. The van der Waals surface area contributed by atoms with Crippen LogP contribution in [0.25, 0.3) is 0 Å². The van der Waals surface area contributed by atoms with Crippen molar-refractivity contribution >= 4 is 17.5 Å². The number of benzene rings is 2. The van der Waals surface area contributed by atoms with Crippen LogP contribution in [-0.4, -0.2) is 17.9 Å². The lowest BCUT2D eigenvalue weighted by atomic mass is 10.1. The molecule has 1 aliphatic rings. The zero-order valence-electron chi connectivity index (χ0n) is 14.3. The highest BCUT2D eigenvalue weighted by Gasteiger charge is 2.15.